The van der Waals surface area contributed by atoms with Crippen molar-refractivity contribution in [3.63, 3.8) is 0 Å². The van der Waals surface area contributed by atoms with Crippen LogP contribution in [-0.2, 0) is 4.79 Å². The molecule has 1 aliphatic rings. The quantitative estimate of drug-likeness (QED) is 0.942. The fourth-order valence-corrected chi connectivity index (χ4v) is 3.79. The number of hydrogen-bond acceptors (Lipinski definition) is 4. The van der Waals surface area contributed by atoms with Crippen LogP contribution in [0.4, 0.5) is 5.69 Å². The van der Waals surface area contributed by atoms with Crippen molar-refractivity contribution in [1.29, 1.82) is 5.26 Å². The van der Waals surface area contributed by atoms with Gasteiger partial charge in [0, 0.05) is 31.1 Å². The van der Waals surface area contributed by atoms with Gasteiger partial charge < -0.3 is 10.6 Å². The monoisotopic (exact) mass is 322 g/mol. The number of rotatable bonds is 3. The number of hydrogen-bond donors (Lipinski definition) is 1. The van der Waals surface area contributed by atoms with Crippen LogP contribution in [0.3, 0.4) is 0 Å². The highest BCUT2D eigenvalue weighted by Gasteiger charge is 2.25. The largest absolute Gasteiger partial charge is 0.370 e. The molecule has 1 fully saturated rings. The molecule has 1 amide bonds. The van der Waals surface area contributed by atoms with Gasteiger partial charge >= 0.3 is 0 Å². The number of benzene rings is 1. The van der Waals surface area contributed by atoms with E-state index in [2.05, 4.69) is 35.0 Å². The number of aromatic nitrogens is 1. The Balaban J connectivity index is 2.10. The van der Waals surface area contributed by atoms with Crippen molar-refractivity contribution in [3.05, 3.63) is 35.0 Å². The van der Waals surface area contributed by atoms with Gasteiger partial charge in [0.2, 0.25) is 5.91 Å². The van der Waals surface area contributed by atoms with Crippen LogP contribution < -0.4 is 10.6 Å². The Morgan fingerprint density at radius 3 is 2.96 bits per heavy atom. The highest BCUT2D eigenvalue weighted by Crippen LogP contribution is 2.34. The third kappa shape index (κ3) is 3.05. The van der Waals surface area contributed by atoms with Gasteiger partial charge in [-0.15, -0.1) is 0 Å². The molecule has 5 heteroatoms. The Morgan fingerprint density at radius 2 is 2.25 bits per heavy atom. The van der Waals surface area contributed by atoms with Crippen molar-refractivity contribution in [2.45, 2.75) is 33.1 Å². The van der Waals surface area contributed by atoms with Crippen molar-refractivity contribution in [2.75, 3.05) is 18.0 Å². The van der Waals surface area contributed by atoms with Crippen LogP contribution in [0.25, 0.3) is 10.9 Å². The van der Waals surface area contributed by atoms with Gasteiger partial charge in [-0.1, -0.05) is 11.6 Å². The smallest absolute Gasteiger partial charge is 0.217 e. The fraction of sp³-hybridized carbons (Fsp3) is 0.421. The number of aryl methyl sites for hydroxylation is 2. The van der Waals surface area contributed by atoms with E-state index >= 15 is 0 Å². The first kappa shape index (κ1) is 16.3. The van der Waals surface area contributed by atoms with E-state index in [1.165, 1.54) is 0 Å². The molecule has 2 aromatic rings. The van der Waals surface area contributed by atoms with E-state index in [-0.39, 0.29) is 11.8 Å². The summed E-state index contributed by atoms with van der Waals surface area (Å²) in [7, 11) is 0. The summed E-state index contributed by atoms with van der Waals surface area (Å²) in [5.74, 6) is -0.00875. The number of nitrogens with two attached hydrogens (primary N) is 1. The lowest BCUT2D eigenvalue weighted by Crippen LogP contribution is -2.37. The lowest BCUT2D eigenvalue weighted by Gasteiger charge is -2.35. The number of piperidine rings is 1. The molecule has 1 aromatic heterocycles. The Kier molecular flexibility index (Phi) is 4.39. The summed E-state index contributed by atoms with van der Waals surface area (Å²) in [5.41, 5.74) is 10.1. The zero-order valence-electron chi connectivity index (χ0n) is 14.2. The Morgan fingerprint density at radius 1 is 1.46 bits per heavy atom. The number of amides is 1. The molecule has 0 saturated carbocycles. The average Bonchev–Trinajstić information content (AvgIpc) is 2.53. The Bertz CT molecular complexity index is 837. The van der Waals surface area contributed by atoms with E-state index in [1.807, 2.05) is 6.92 Å². The van der Waals surface area contributed by atoms with Gasteiger partial charge in [-0.05, 0) is 44.2 Å². The molecule has 1 unspecified atom stereocenters. The zero-order chi connectivity index (χ0) is 17.3. The minimum absolute atomic E-state index is 0.247. The first-order chi connectivity index (χ1) is 11.5. The molecule has 0 aliphatic carbocycles. The van der Waals surface area contributed by atoms with E-state index in [4.69, 9.17) is 5.73 Å². The van der Waals surface area contributed by atoms with Gasteiger partial charge in [0.15, 0.2) is 0 Å². The number of fused-ring (bicyclic) bond motifs is 1. The third-order valence-electron chi connectivity index (χ3n) is 4.72. The van der Waals surface area contributed by atoms with E-state index in [0.717, 1.165) is 53.6 Å². The second-order valence-corrected chi connectivity index (χ2v) is 6.73. The number of carbonyl (C=O) groups excluding carboxylic acids is 1. The highest BCUT2D eigenvalue weighted by molar-refractivity contribution is 5.96. The second-order valence-electron chi connectivity index (χ2n) is 6.73. The topological polar surface area (TPSA) is 83.0 Å². The van der Waals surface area contributed by atoms with Crippen LogP contribution in [0.5, 0.6) is 0 Å². The minimum Gasteiger partial charge on any atom is -0.370 e. The number of pyridine rings is 1. The first-order valence-corrected chi connectivity index (χ1v) is 8.33. The summed E-state index contributed by atoms with van der Waals surface area (Å²) in [4.78, 5) is 18.0. The number of primary amides is 1. The SMILES string of the molecule is Cc1cc(C)c2ncc(C#N)c(N3CCCC(CC(N)=O)C3)c2c1. The Hall–Kier alpha value is -2.61. The molecule has 1 aromatic carbocycles. The molecule has 124 valence electrons. The highest BCUT2D eigenvalue weighted by atomic mass is 16.1. The average molecular weight is 322 g/mol. The number of nitriles is 1. The van der Waals surface area contributed by atoms with Crippen LogP contribution >= 0.6 is 0 Å². The standard InChI is InChI=1S/C19H22N4O/c1-12-6-13(2)18-16(7-12)19(15(9-20)10-22-18)23-5-3-4-14(11-23)8-17(21)24/h6-7,10,14H,3-5,8,11H2,1-2H3,(H2,21,24). The number of carbonyl (C=O) groups is 1. The van der Waals surface area contributed by atoms with Crippen molar-refractivity contribution in [1.82, 2.24) is 4.98 Å². The van der Waals surface area contributed by atoms with Gasteiger partial charge in [0.05, 0.1) is 16.8 Å². The van der Waals surface area contributed by atoms with Gasteiger partial charge in [-0.25, -0.2) is 0 Å². The molecule has 0 bridgehead atoms. The number of anilines is 1. The maximum Gasteiger partial charge on any atom is 0.217 e. The van der Waals surface area contributed by atoms with Crippen molar-refractivity contribution >= 4 is 22.5 Å². The number of nitrogens with zero attached hydrogens (tertiary/aromatic N) is 3. The van der Waals surface area contributed by atoms with Gasteiger partial charge in [0.1, 0.15) is 6.07 Å². The van der Waals surface area contributed by atoms with Crippen LogP contribution in [0.1, 0.15) is 36.0 Å². The third-order valence-corrected chi connectivity index (χ3v) is 4.72. The molecule has 0 radical (unpaired) electrons. The summed E-state index contributed by atoms with van der Waals surface area (Å²) in [6.45, 7) is 5.74. The normalized spacial score (nSPS) is 17.7. The van der Waals surface area contributed by atoms with Crippen molar-refractivity contribution in [3.8, 4) is 6.07 Å². The van der Waals surface area contributed by atoms with E-state index in [1.54, 1.807) is 6.20 Å². The van der Waals surface area contributed by atoms with Crippen molar-refractivity contribution < 1.29 is 4.79 Å². The summed E-state index contributed by atoms with van der Waals surface area (Å²) >= 11 is 0. The maximum atomic E-state index is 11.3. The van der Waals surface area contributed by atoms with Crippen LogP contribution in [0.15, 0.2) is 18.3 Å². The second kappa shape index (κ2) is 6.48. The summed E-state index contributed by atoms with van der Waals surface area (Å²) < 4.78 is 0. The molecule has 1 saturated heterocycles. The minimum atomic E-state index is -0.256. The Labute approximate surface area is 142 Å². The maximum absolute atomic E-state index is 11.3. The molecule has 3 rings (SSSR count). The van der Waals surface area contributed by atoms with Gasteiger partial charge in [-0.3, -0.25) is 9.78 Å². The van der Waals surface area contributed by atoms with Crippen LogP contribution in [0, 0.1) is 31.1 Å². The molecule has 24 heavy (non-hydrogen) atoms. The van der Waals surface area contributed by atoms with Crippen LogP contribution in [-0.4, -0.2) is 24.0 Å². The summed E-state index contributed by atoms with van der Waals surface area (Å²) in [6.07, 6.45) is 4.07. The zero-order valence-corrected chi connectivity index (χ0v) is 14.2. The first-order valence-electron chi connectivity index (χ1n) is 8.33. The lowest BCUT2D eigenvalue weighted by atomic mass is 9.93. The fourth-order valence-electron chi connectivity index (χ4n) is 3.79. The van der Waals surface area contributed by atoms with Crippen molar-refractivity contribution in [2.24, 2.45) is 11.7 Å². The molecule has 1 aliphatic heterocycles. The summed E-state index contributed by atoms with van der Waals surface area (Å²) in [6, 6.07) is 6.49. The summed E-state index contributed by atoms with van der Waals surface area (Å²) in [5, 5.41) is 10.6. The predicted octanol–water partition coefficient (Wildman–Crippen LogP) is 2.82. The lowest BCUT2D eigenvalue weighted by molar-refractivity contribution is -0.118. The molecule has 5 nitrogen and oxygen atoms in total. The molecular weight excluding hydrogens is 300 g/mol. The predicted molar refractivity (Wildman–Crippen MR) is 94.7 cm³/mol. The molecule has 1 atom stereocenters. The molecular formula is C19H22N4O. The van der Waals surface area contributed by atoms with E-state index in [0.29, 0.717) is 12.0 Å². The molecule has 2 N–H and O–H groups in total. The van der Waals surface area contributed by atoms with Crippen LogP contribution in [0.2, 0.25) is 0 Å². The van der Waals surface area contributed by atoms with E-state index in [9.17, 15) is 10.1 Å². The van der Waals surface area contributed by atoms with Gasteiger partial charge in [0.25, 0.3) is 0 Å². The molecule has 2 heterocycles. The van der Waals surface area contributed by atoms with Gasteiger partial charge in [-0.2, -0.15) is 5.26 Å². The van der Waals surface area contributed by atoms with E-state index < -0.39 is 0 Å². The molecule has 0 spiro atoms.